The van der Waals surface area contributed by atoms with E-state index in [2.05, 4.69) is 29.0 Å². The van der Waals surface area contributed by atoms with Crippen molar-refractivity contribution in [2.24, 2.45) is 5.41 Å². The van der Waals surface area contributed by atoms with Gasteiger partial charge in [-0.1, -0.05) is 44.2 Å². The number of aromatic nitrogens is 2. The van der Waals surface area contributed by atoms with Crippen molar-refractivity contribution >= 4 is 12.1 Å². The first kappa shape index (κ1) is 22.3. The maximum atomic E-state index is 13.0. The highest BCUT2D eigenvalue weighted by molar-refractivity contribution is 5.93. The molecule has 3 heterocycles. The molecule has 3 amide bonds. The highest BCUT2D eigenvalue weighted by Gasteiger charge is 2.46. The summed E-state index contributed by atoms with van der Waals surface area (Å²) < 4.78 is 7.48. The number of urea groups is 1. The fourth-order valence-corrected chi connectivity index (χ4v) is 4.46. The van der Waals surface area contributed by atoms with Gasteiger partial charge in [0.15, 0.2) is 0 Å². The molecular formula is C24H33N5O3. The van der Waals surface area contributed by atoms with Crippen molar-refractivity contribution in [3.63, 3.8) is 0 Å². The molecule has 2 fully saturated rings. The number of nitrogens with one attached hydrogen (secondary N) is 1. The van der Waals surface area contributed by atoms with E-state index in [-0.39, 0.29) is 0 Å². The summed E-state index contributed by atoms with van der Waals surface area (Å²) in [4.78, 5) is 33.4. The molecule has 8 nitrogen and oxygen atoms in total. The fourth-order valence-electron chi connectivity index (χ4n) is 4.46. The van der Waals surface area contributed by atoms with Crippen molar-refractivity contribution in [3.05, 3.63) is 54.6 Å². The van der Waals surface area contributed by atoms with Gasteiger partial charge in [0.2, 0.25) is 0 Å². The molecule has 172 valence electrons. The number of rotatable bonds is 7. The number of hydrogen-bond acceptors (Lipinski definition) is 5. The van der Waals surface area contributed by atoms with Crippen molar-refractivity contribution in [1.29, 1.82) is 0 Å². The largest absolute Gasteiger partial charge is 0.441 e. The molecule has 0 spiro atoms. The van der Waals surface area contributed by atoms with Crippen LogP contribution in [0.4, 0.5) is 9.59 Å². The minimum absolute atomic E-state index is 0.406. The second kappa shape index (κ2) is 9.73. The fraction of sp³-hybridized carbons (Fsp3) is 0.542. The van der Waals surface area contributed by atoms with Crippen molar-refractivity contribution in [2.45, 2.75) is 51.8 Å². The lowest BCUT2D eigenvalue weighted by atomic mass is 9.83. The van der Waals surface area contributed by atoms with Gasteiger partial charge >= 0.3 is 12.1 Å². The number of amides is 3. The maximum Gasteiger partial charge on any atom is 0.419 e. The Morgan fingerprint density at radius 1 is 1.22 bits per heavy atom. The Morgan fingerprint density at radius 3 is 2.66 bits per heavy atom. The van der Waals surface area contributed by atoms with Crippen LogP contribution >= 0.6 is 0 Å². The zero-order valence-electron chi connectivity index (χ0n) is 18.9. The monoisotopic (exact) mass is 439 g/mol. The van der Waals surface area contributed by atoms with Crippen molar-refractivity contribution < 1.29 is 14.3 Å². The smallest absolute Gasteiger partial charge is 0.419 e. The lowest BCUT2D eigenvalue weighted by Crippen LogP contribution is -2.44. The van der Waals surface area contributed by atoms with Gasteiger partial charge in [-0.2, -0.15) is 0 Å². The first-order chi connectivity index (χ1) is 15.4. The third kappa shape index (κ3) is 5.30. The molecule has 1 aromatic heterocycles. The normalized spacial score (nSPS) is 23.2. The predicted octanol–water partition coefficient (Wildman–Crippen LogP) is 3.67. The minimum Gasteiger partial charge on any atom is -0.441 e. The third-order valence-electron chi connectivity index (χ3n) is 6.53. The Kier molecular flexibility index (Phi) is 6.79. The van der Waals surface area contributed by atoms with Crippen LogP contribution in [0.3, 0.4) is 0 Å². The Hall–Kier alpha value is -2.87. The van der Waals surface area contributed by atoms with Gasteiger partial charge in [-0.25, -0.2) is 19.5 Å². The number of imidazole rings is 1. The molecule has 4 rings (SSSR count). The van der Waals surface area contributed by atoms with E-state index in [0.29, 0.717) is 18.5 Å². The average Bonchev–Trinajstić information content (AvgIpc) is 3.40. The van der Waals surface area contributed by atoms with Crippen LogP contribution in [0.5, 0.6) is 0 Å². The molecule has 8 heteroatoms. The van der Waals surface area contributed by atoms with Gasteiger partial charge in [0, 0.05) is 18.9 Å². The number of ether oxygens (including phenoxy) is 1. The summed E-state index contributed by atoms with van der Waals surface area (Å²) in [6, 6.07) is 8.67. The summed E-state index contributed by atoms with van der Waals surface area (Å²) >= 11 is 0. The van der Waals surface area contributed by atoms with Gasteiger partial charge in [-0.05, 0) is 49.9 Å². The van der Waals surface area contributed by atoms with E-state index >= 15 is 0 Å². The molecule has 2 saturated heterocycles. The van der Waals surface area contributed by atoms with E-state index in [1.54, 1.807) is 12.5 Å². The van der Waals surface area contributed by atoms with Gasteiger partial charge in [0.1, 0.15) is 12.1 Å². The number of cyclic esters (lactones) is 1. The van der Waals surface area contributed by atoms with Crippen LogP contribution < -0.4 is 5.32 Å². The number of hydrogen-bond donors (Lipinski definition) is 1. The molecule has 1 N–H and O–H groups in total. The minimum atomic E-state index is -0.611. The SMILES string of the molecule is CC1(C)CCN(CCCNC(=O)N2C(=O)OC(Cn3ccnc3)C2c2ccccc2)CC1. The van der Waals surface area contributed by atoms with Gasteiger partial charge < -0.3 is 19.5 Å². The van der Waals surface area contributed by atoms with Crippen LogP contribution in [0, 0.1) is 5.41 Å². The molecular weight excluding hydrogens is 406 g/mol. The first-order valence-corrected chi connectivity index (χ1v) is 11.4. The Bertz CT molecular complexity index is 890. The molecule has 0 bridgehead atoms. The van der Waals surface area contributed by atoms with Crippen LogP contribution in [0.1, 0.15) is 44.7 Å². The number of benzene rings is 1. The van der Waals surface area contributed by atoms with E-state index in [9.17, 15) is 9.59 Å². The van der Waals surface area contributed by atoms with Gasteiger partial charge in [-0.3, -0.25) is 0 Å². The number of nitrogens with zero attached hydrogens (tertiary/aromatic N) is 4. The molecule has 32 heavy (non-hydrogen) atoms. The molecule has 2 atom stereocenters. The lowest BCUT2D eigenvalue weighted by molar-refractivity contribution is 0.120. The van der Waals surface area contributed by atoms with E-state index in [4.69, 9.17) is 4.74 Å². The number of imide groups is 1. The van der Waals surface area contributed by atoms with Crippen LogP contribution in [-0.2, 0) is 11.3 Å². The first-order valence-electron chi connectivity index (χ1n) is 11.4. The van der Waals surface area contributed by atoms with Gasteiger partial charge in [0.25, 0.3) is 0 Å². The zero-order valence-corrected chi connectivity index (χ0v) is 18.9. The average molecular weight is 440 g/mol. The molecule has 2 aromatic rings. The van der Waals surface area contributed by atoms with E-state index in [0.717, 1.165) is 31.6 Å². The molecule has 0 aliphatic carbocycles. The number of carbonyl (C=O) groups excluding carboxylic acids is 2. The number of piperidine rings is 1. The van der Waals surface area contributed by atoms with Crippen molar-refractivity contribution in [2.75, 3.05) is 26.2 Å². The summed E-state index contributed by atoms with van der Waals surface area (Å²) in [7, 11) is 0. The molecule has 2 aliphatic heterocycles. The van der Waals surface area contributed by atoms with Gasteiger partial charge in [-0.15, -0.1) is 0 Å². The topological polar surface area (TPSA) is 79.7 Å². The molecule has 0 radical (unpaired) electrons. The summed E-state index contributed by atoms with van der Waals surface area (Å²) in [5.74, 6) is 0. The number of likely N-dealkylation sites (tertiary alicyclic amines) is 1. The highest BCUT2D eigenvalue weighted by Crippen LogP contribution is 2.34. The van der Waals surface area contributed by atoms with Crippen LogP contribution in [-0.4, -0.2) is 63.8 Å². The van der Waals surface area contributed by atoms with Crippen LogP contribution in [0.15, 0.2) is 49.1 Å². The van der Waals surface area contributed by atoms with Gasteiger partial charge in [0.05, 0.1) is 12.9 Å². The summed E-state index contributed by atoms with van der Waals surface area (Å²) in [6.45, 7) is 8.76. The zero-order chi connectivity index (χ0) is 22.6. The molecule has 0 saturated carbocycles. The second-order valence-electron chi connectivity index (χ2n) is 9.50. The highest BCUT2D eigenvalue weighted by atomic mass is 16.6. The van der Waals surface area contributed by atoms with E-state index < -0.39 is 24.3 Å². The van der Waals surface area contributed by atoms with Crippen molar-refractivity contribution in [1.82, 2.24) is 24.7 Å². The Morgan fingerprint density at radius 2 is 1.97 bits per heavy atom. The predicted molar refractivity (Wildman–Crippen MR) is 121 cm³/mol. The lowest BCUT2D eigenvalue weighted by Gasteiger charge is -2.36. The second-order valence-corrected chi connectivity index (χ2v) is 9.50. The van der Waals surface area contributed by atoms with Crippen molar-refractivity contribution in [3.8, 4) is 0 Å². The standard InChI is InChI=1S/C24H33N5O3/c1-24(2)9-14-27(15-10-24)13-6-11-26-22(30)29-21(19-7-4-3-5-8-19)20(32-23(29)31)17-28-16-12-25-18-28/h3-5,7-8,12,16,18,20-21H,6,9-11,13-15,17H2,1-2H3,(H,26,30). The van der Waals surface area contributed by atoms with Crippen LogP contribution in [0.25, 0.3) is 0 Å². The molecule has 1 aromatic carbocycles. The molecule has 2 aliphatic rings. The van der Waals surface area contributed by atoms with Crippen LogP contribution in [0.2, 0.25) is 0 Å². The third-order valence-corrected chi connectivity index (χ3v) is 6.53. The molecule has 2 unspecified atom stereocenters. The summed E-state index contributed by atoms with van der Waals surface area (Å²) in [5.41, 5.74) is 1.30. The maximum absolute atomic E-state index is 13.0. The Balaban J connectivity index is 1.36. The number of carbonyl (C=O) groups is 2. The summed E-state index contributed by atoms with van der Waals surface area (Å²) in [6.07, 6.45) is 7.35. The quantitative estimate of drug-likeness (QED) is 0.666. The summed E-state index contributed by atoms with van der Waals surface area (Å²) in [5, 5.41) is 2.93. The van der Waals surface area contributed by atoms with E-state index in [1.807, 2.05) is 41.1 Å². The Labute approximate surface area is 189 Å². The van der Waals surface area contributed by atoms with E-state index in [1.165, 1.54) is 17.7 Å².